The third-order valence-electron chi connectivity index (χ3n) is 5.36. The molecular weight excluding hydrogens is 298 g/mol. The van der Waals surface area contributed by atoms with Gasteiger partial charge in [-0.15, -0.1) is 0 Å². The molecule has 1 aromatic rings. The van der Waals surface area contributed by atoms with Gasteiger partial charge in [0.2, 0.25) is 10.0 Å². The van der Waals surface area contributed by atoms with Crippen molar-refractivity contribution >= 4 is 15.8 Å². The molecular formula is C16H25N3O2S. The van der Waals surface area contributed by atoms with E-state index in [4.69, 9.17) is 0 Å². The quantitative estimate of drug-likeness (QED) is 0.928. The lowest BCUT2D eigenvalue weighted by molar-refractivity contribution is 0.144. The molecule has 0 aromatic carbocycles. The molecule has 1 saturated heterocycles. The van der Waals surface area contributed by atoms with E-state index < -0.39 is 10.0 Å². The van der Waals surface area contributed by atoms with E-state index in [0.717, 1.165) is 18.9 Å². The monoisotopic (exact) mass is 323 g/mol. The molecule has 1 aliphatic heterocycles. The summed E-state index contributed by atoms with van der Waals surface area (Å²) in [5.74, 6) is 0.890. The molecule has 0 bridgehead atoms. The lowest BCUT2D eigenvalue weighted by Gasteiger charge is -2.44. The zero-order chi connectivity index (χ0) is 15.6. The zero-order valence-corrected chi connectivity index (χ0v) is 14.0. The fraction of sp³-hybridized carbons (Fsp3) is 0.688. The Labute approximate surface area is 133 Å². The van der Waals surface area contributed by atoms with E-state index in [1.807, 2.05) is 6.07 Å². The summed E-state index contributed by atoms with van der Waals surface area (Å²) in [6.45, 7) is 2.07. The molecule has 122 valence electrons. The van der Waals surface area contributed by atoms with Crippen LogP contribution in [0.3, 0.4) is 0 Å². The van der Waals surface area contributed by atoms with E-state index in [0.29, 0.717) is 5.41 Å². The third-order valence-corrected chi connectivity index (χ3v) is 6.76. The molecule has 0 atom stereocenters. The molecule has 1 spiro atoms. The summed E-state index contributed by atoms with van der Waals surface area (Å²) in [6, 6.07) is 3.46. The van der Waals surface area contributed by atoms with Crippen LogP contribution in [0.4, 0.5) is 5.82 Å². The van der Waals surface area contributed by atoms with Crippen LogP contribution in [-0.4, -0.2) is 33.5 Å². The number of piperidine rings is 1. The smallest absolute Gasteiger partial charge is 0.241 e. The molecule has 0 radical (unpaired) electrons. The number of pyridine rings is 1. The molecule has 6 heteroatoms. The molecule has 2 fully saturated rings. The van der Waals surface area contributed by atoms with E-state index in [1.165, 1.54) is 58.2 Å². The molecule has 2 aliphatic rings. The maximum Gasteiger partial charge on any atom is 0.241 e. The predicted octanol–water partition coefficient (Wildman–Crippen LogP) is 2.54. The van der Waals surface area contributed by atoms with Gasteiger partial charge in [0.15, 0.2) is 0 Å². The van der Waals surface area contributed by atoms with Gasteiger partial charge in [-0.3, -0.25) is 0 Å². The molecule has 3 rings (SSSR count). The van der Waals surface area contributed by atoms with Crippen molar-refractivity contribution in [3.05, 3.63) is 18.3 Å². The Kier molecular flexibility index (Phi) is 4.41. The molecule has 1 N–H and O–H groups in total. The van der Waals surface area contributed by atoms with E-state index in [9.17, 15) is 8.42 Å². The second-order valence-electron chi connectivity index (χ2n) is 6.61. The lowest BCUT2D eigenvalue weighted by atomic mass is 9.68. The van der Waals surface area contributed by atoms with Crippen molar-refractivity contribution in [3.63, 3.8) is 0 Å². The van der Waals surface area contributed by atoms with Crippen molar-refractivity contribution in [2.24, 2.45) is 5.41 Å². The summed E-state index contributed by atoms with van der Waals surface area (Å²) in [4.78, 5) is 6.87. The SMILES string of the molecule is CNS(=O)(=O)c1ccc(N2CCC3(CCCCC3)CC2)nc1. The highest BCUT2D eigenvalue weighted by Crippen LogP contribution is 2.44. The van der Waals surface area contributed by atoms with Gasteiger partial charge in [-0.25, -0.2) is 18.1 Å². The molecule has 1 saturated carbocycles. The molecule has 5 nitrogen and oxygen atoms in total. The Morgan fingerprint density at radius 2 is 1.77 bits per heavy atom. The van der Waals surface area contributed by atoms with Gasteiger partial charge in [-0.2, -0.15) is 0 Å². The van der Waals surface area contributed by atoms with Gasteiger partial charge in [-0.1, -0.05) is 19.3 Å². The fourth-order valence-corrected chi connectivity index (χ4v) is 4.52. The number of anilines is 1. The van der Waals surface area contributed by atoms with Crippen LogP contribution in [0, 0.1) is 5.41 Å². The topological polar surface area (TPSA) is 62.3 Å². The number of nitrogens with zero attached hydrogens (tertiary/aromatic N) is 2. The van der Waals surface area contributed by atoms with Crippen LogP contribution < -0.4 is 9.62 Å². The van der Waals surface area contributed by atoms with Gasteiger partial charge in [0.25, 0.3) is 0 Å². The third kappa shape index (κ3) is 3.13. The largest absolute Gasteiger partial charge is 0.357 e. The van der Waals surface area contributed by atoms with Crippen LogP contribution in [0.15, 0.2) is 23.2 Å². The van der Waals surface area contributed by atoms with E-state index in [2.05, 4.69) is 14.6 Å². The first-order valence-corrected chi connectivity index (χ1v) is 9.68. The molecule has 1 aliphatic carbocycles. The number of rotatable bonds is 3. The van der Waals surface area contributed by atoms with E-state index in [1.54, 1.807) is 6.07 Å². The van der Waals surface area contributed by atoms with Gasteiger partial charge < -0.3 is 4.90 Å². The molecule has 1 aromatic heterocycles. The summed E-state index contributed by atoms with van der Waals surface area (Å²) >= 11 is 0. The predicted molar refractivity (Wildman–Crippen MR) is 87.4 cm³/mol. The zero-order valence-electron chi connectivity index (χ0n) is 13.2. The van der Waals surface area contributed by atoms with Crippen LogP contribution in [0.5, 0.6) is 0 Å². The van der Waals surface area contributed by atoms with E-state index >= 15 is 0 Å². The van der Waals surface area contributed by atoms with Crippen LogP contribution >= 0.6 is 0 Å². The summed E-state index contributed by atoms with van der Waals surface area (Å²) in [6.07, 6.45) is 10.9. The number of nitrogens with one attached hydrogen (secondary N) is 1. The Hall–Kier alpha value is -1.14. The normalized spacial score (nSPS) is 22.0. The minimum Gasteiger partial charge on any atom is -0.357 e. The minimum atomic E-state index is -3.40. The summed E-state index contributed by atoms with van der Waals surface area (Å²) in [7, 11) is -1.98. The Morgan fingerprint density at radius 1 is 1.09 bits per heavy atom. The maximum absolute atomic E-state index is 11.7. The van der Waals surface area contributed by atoms with Crippen LogP contribution in [0.1, 0.15) is 44.9 Å². The van der Waals surface area contributed by atoms with Crippen molar-refractivity contribution in [1.29, 1.82) is 0 Å². The maximum atomic E-state index is 11.7. The van der Waals surface area contributed by atoms with Gasteiger partial charge in [0.05, 0.1) is 0 Å². The second-order valence-corrected chi connectivity index (χ2v) is 8.49. The van der Waals surface area contributed by atoms with Gasteiger partial charge in [0.1, 0.15) is 10.7 Å². The minimum absolute atomic E-state index is 0.222. The average molecular weight is 323 g/mol. The van der Waals surface area contributed by atoms with Crippen molar-refractivity contribution < 1.29 is 8.42 Å². The van der Waals surface area contributed by atoms with Gasteiger partial charge in [0, 0.05) is 19.3 Å². The first kappa shape index (κ1) is 15.7. The van der Waals surface area contributed by atoms with Gasteiger partial charge >= 0.3 is 0 Å². The Balaban J connectivity index is 1.66. The molecule has 0 unspecified atom stereocenters. The van der Waals surface area contributed by atoms with Crippen LogP contribution in [-0.2, 0) is 10.0 Å². The number of sulfonamides is 1. The fourth-order valence-electron chi connectivity index (χ4n) is 3.85. The summed E-state index contributed by atoms with van der Waals surface area (Å²) in [5.41, 5.74) is 0.574. The Morgan fingerprint density at radius 3 is 2.32 bits per heavy atom. The van der Waals surface area contributed by atoms with Crippen LogP contribution in [0.25, 0.3) is 0 Å². The second kappa shape index (κ2) is 6.16. The summed E-state index contributed by atoms with van der Waals surface area (Å²) < 4.78 is 25.8. The first-order chi connectivity index (χ1) is 10.5. The van der Waals surface area contributed by atoms with Crippen molar-refractivity contribution in [2.75, 3.05) is 25.0 Å². The van der Waals surface area contributed by atoms with E-state index in [-0.39, 0.29) is 4.90 Å². The first-order valence-electron chi connectivity index (χ1n) is 8.19. The number of aromatic nitrogens is 1. The average Bonchev–Trinajstić information content (AvgIpc) is 2.56. The number of hydrogen-bond donors (Lipinski definition) is 1. The van der Waals surface area contributed by atoms with Crippen molar-refractivity contribution in [2.45, 2.75) is 49.8 Å². The highest BCUT2D eigenvalue weighted by Gasteiger charge is 2.35. The molecule has 0 amide bonds. The Bertz CT molecular complexity index is 597. The standard InChI is InChI=1S/C16H25N3O2S/c1-17-22(20,21)14-5-6-15(18-13-14)19-11-9-16(10-12-19)7-3-2-4-8-16/h5-6,13,17H,2-4,7-12H2,1H3. The highest BCUT2D eigenvalue weighted by atomic mass is 32.2. The van der Waals surface area contributed by atoms with Crippen molar-refractivity contribution in [3.8, 4) is 0 Å². The molecule has 22 heavy (non-hydrogen) atoms. The van der Waals surface area contributed by atoms with Crippen molar-refractivity contribution in [1.82, 2.24) is 9.71 Å². The highest BCUT2D eigenvalue weighted by molar-refractivity contribution is 7.89. The molecule has 2 heterocycles. The number of hydrogen-bond acceptors (Lipinski definition) is 4. The van der Waals surface area contributed by atoms with Gasteiger partial charge in [-0.05, 0) is 50.3 Å². The summed E-state index contributed by atoms with van der Waals surface area (Å²) in [5, 5.41) is 0. The van der Waals surface area contributed by atoms with Crippen LogP contribution in [0.2, 0.25) is 0 Å². The lowest BCUT2D eigenvalue weighted by Crippen LogP contribution is -2.41.